The van der Waals surface area contributed by atoms with E-state index in [1.54, 1.807) is 20.4 Å². The van der Waals surface area contributed by atoms with E-state index in [0.717, 1.165) is 53.2 Å². The van der Waals surface area contributed by atoms with Crippen molar-refractivity contribution >= 4 is 27.8 Å². The molecule has 2 aromatic carbocycles. The number of hydrogen-bond acceptors (Lipinski definition) is 7. The van der Waals surface area contributed by atoms with Gasteiger partial charge < -0.3 is 29.2 Å². The maximum Gasteiger partial charge on any atom is 0.254 e. The highest BCUT2D eigenvalue weighted by Gasteiger charge is 2.47. The highest BCUT2D eigenvalue weighted by Crippen LogP contribution is 2.41. The fourth-order valence-corrected chi connectivity index (χ4v) is 7.85. The second kappa shape index (κ2) is 11.2. The van der Waals surface area contributed by atoms with Gasteiger partial charge in [-0.2, -0.15) is 5.10 Å². The summed E-state index contributed by atoms with van der Waals surface area (Å²) in [6.07, 6.45) is 10.1. The fourth-order valence-electron chi connectivity index (χ4n) is 7.85. The number of methoxy groups -OCH3 is 2. The predicted octanol–water partition coefficient (Wildman–Crippen LogP) is 5.28. The molecule has 1 saturated heterocycles. The van der Waals surface area contributed by atoms with Crippen molar-refractivity contribution < 1.29 is 14.3 Å². The first-order valence-electron chi connectivity index (χ1n) is 16.8. The average molecular weight is 643 g/mol. The van der Waals surface area contributed by atoms with Crippen LogP contribution < -0.4 is 15.2 Å². The lowest BCUT2D eigenvalue weighted by molar-refractivity contribution is 0.0700. The van der Waals surface area contributed by atoms with Gasteiger partial charge in [0.05, 0.1) is 50.1 Å². The number of amides is 1. The van der Waals surface area contributed by atoms with Crippen LogP contribution in [-0.4, -0.2) is 72.5 Å². The molecule has 1 amide bonds. The third-order valence-electron chi connectivity index (χ3n) is 10.5. The number of likely N-dealkylation sites (tertiary alicyclic amines) is 1. The summed E-state index contributed by atoms with van der Waals surface area (Å²) < 4.78 is 17.7. The molecule has 3 atom stereocenters. The minimum atomic E-state index is -0.00817. The van der Waals surface area contributed by atoms with Gasteiger partial charge in [0.15, 0.2) is 5.82 Å². The smallest absolute Gasteiger partial charge is 0.254 e. The topological polar surface area (TPSA) is 118 Å². The summed E-state index contributed by atoms with van der Waals surface area (Å²) in [4.78, 5) is 25.6. The van der Waals surface area contributed by atoms with Crippen LogP contribution in [0.5, 0.6) is 11.6 Å². The molecule has 48 heavy (non-hydrogen) atoms. The molecule has 0 radical (unpaired) electrons. The van der Waals surface area contributed by atoms with Crippen molar-refractivity contribution in [2.45, 2.75) is 50.9 Å². The first-order chi connectivity index (χ1) is 23.5. The van der Waals surface area contributed by atoms with Crippen molar-refractivity contribution in [3.05, 3.63) is 84.3 Å². The van der Waals surface area contributed by atoms with Gasteiger partial charge in [0.25, 0.3) is 5.91 Å². The largest absolute Gasteiger partial charge is 0.494 e. The van der Waals surface area contributed by atoms with E-state index in [4.69, 9.17) is 20.2 Å². The first kappa shape index (κ1) is 29.0. The lowest BCUT2D eigenvalue weighted by atomic mass is 10.1. The average Bonchev–Trinajstić information content (AvgIpc) is 3.43. The number of carbonyl (C=O) groups is 1. The van der Waals surface area contributed by atoms with E-state index in [0.29, 0.717) is 42.1 Å². The minimum Gasteiger partial charge on any atom is -0.494 e. The van der Waals surface area contributed by atoms with Crippen LogP contribution in [0, 0.1) is 11.8 Å². The van der Waals surface area contributed by atoms with E-state index < -0.39 is 0 Å². The van der Waals surface area contributed by atoms with Crippen molar-refractivity contribution in [2.75, 3.05) is 20.8 Å². The highest BCUT2D eigenvalue weighted by atomic mass is 16.5. The van der Waals surface area contributed by atoms with Crippen molar-refractivity contribution in [3.63, 3.8) is 0 Å². The summed E-state index contributed by atoms with van der Waals surface area (Å²) in [7, 11) is 3.26. The van der Waals surface area contributed by atoms with Crippen LogP contribution in [0.25, 0.3) is 39.1 Å². The maximum absolute atomic E-state index is 14.0. The highest BCUT2D eigenvalue weighted by molar-refractivity contribution is 6.00. The summed E-state index contributed by atoms with van der Waals surface area (Å²) in [5.41, 5.74) is 12.7. The van der Waals surface area contributed by atoms with Gasteiger partial charge in [0.2, 0.25) is 5.88 Å². The summed E-state index contributed by atoms with van der Waals surface area (Å²) in [6.45, 7) is 2.14. The molecular weight excluding hydrogens is 604 g/mol. The second-order valence-corrected chi connectivity index (χ2v) is 13.5. The Morgan fingerprint density at radius 3 is 2.58 bits per heavy atom. The Labute approximate surface area is 277 Å². The Balaban J connectivity index is 1.18. The van der Waals surface area contributed by atoms with Crippen LogP contribution in [0.15, 0.2) is 73.2 Å². The number of para-hydroxylation sites is 1. The zero-order valence-corrected chi connectivity index (χ0v) is 27.1. The number of fused-ring (bicyclic) bond motifs is 4. The van der Waals surface area contributed by atoms with E-state index in [1.165, 1.54) is 23.7 Å². The van der Waals surface area contributed by atoms with E-state index in [-0.39, 0.29) is 18.0 Å². The number of ether oxygens (including phenoxy) is 2. The first-order valence-corrected chi connectivity index (χ1v) is 16.8. The number of piperidine rings is 1. The van der Waals surface area contributed by atoms with Crippen LogP contribution in [0.4, 0.5) is 0 Å². The van der Waals surface area contributed by atoms with Gasteiger partial charge in [-0.3, -0.25) is 4.79 Å². The fraction of sp³-hybridized carbons (Fsp3) is 0.351. The zero-order chi connectivity index (χ0) is 32.5. The molecule has 11 nitrogen and oxygen atoms in total. The molecule has 2 bridgehead atoms. The number of imidazole rings is 1. The maximum atomic E-state index is 14.0. The molecule has 11 heteroatoms. The van der Waals surface area contributed by atoms with E-state index >= 15 is 0 Å². The third kappa shape index (κ3) is 4.75. The van der Waals surface area contributed by atoms with Crippen molar-refractivity contribution in [2.24, 2.45) is 17.6 Å². The molecule has 2 unspecified atom stereocenters. The van der Waals surface area contributed by atoms with Gasteiger partial charge in [0.1, 0.15) is 11.3 Å². The Morgan fingerprint density at radius 1 is 0.979 bits per heavy atom. The third-order valence-corrected chi connectivity index (χ3v) is 10.5. The summed E-state index contributed by atoms with van der Waals surface area (Å²) >= 11 is 0. The van der Waals surface area contributed by atoms with Crippen molar-refractivity contribution in [1.29, 1.82) is 0 Å². The lowest BCUT2D eigenvalue weighted by Gasteiger charge is -2.27. The quantitative estimate of drug-likeness (QED) is 0.228. The number of hydrogen-bond donors (Lipinski definition) is 1. The molecule has 244 valence electrons. The van der Waals surface area contributed by atoms with Crippen LogP contribution in [-0.2, 0) is 13.1 Å². The summed E-state index contributed by atoms with van der Waals surface area (Å²) in [5, 5.41) is 5.83. The van der Waals surface area contributed by atoms with E-state index in [2.05, 4.69) is 49.5 Å². The predicted molar refractivity (Wildman–Crippen MR) is 182 cm³/mol. The molecule has 3 fully saturated rings. The number of benzene rings is 2. The number of carbonyl (C=O) groups excluding carboxylic acids is 1. The molecule has 2 aliphatic carbocycles. The van der Waals surface area contributed by atoms with Crippen LogP contribution in [0.1, 0.15) is 41.6 Å². The Kier molecular flexibility index (Phi) is 6.79. The van der Waals surface area contributed by atoms with Crippen molar-refractivity contribution in [1.82, 2.24) is 33.8 Å². The molecule has 1 aliphatic heterocycles. The minimum absolute atomic E-state index is 0.00817. The number of rotatable bonds is 9. The molecule has 4 aromatic heterocycles. The molecule has 5 heterocycles. The second-order valence-electron chi connectivity index (χ2n) is 13.5. The summed E-state index contributed by atoms with van der Waals surface area (Å²) in [5.74, 6) is 3.01. The van der Waals surface area contributed by atoms with Gasteiger partial charge in [-0.05, 0) is 67.9 Å². The molecule has 2 N–H and O–H groups in total. The van der Waals surface area contributed by atoms with Gasteiger partial charge in [-0.1, -0.05) is 18.2 Å². The van der Waals surface area contributed by atoms with Crippen LogP contribution in [0.2, 0.25) is 0 Å². The Hall–Kier alpha value is -5.16. The Bertz CT molecular complexity index is 2180. The van der Waals surface area contributed by atoms with Crippen molar-refractivity contribution in [3.8, 4) is 28.8 Å². The number of pyridine rings is 1. The van der Waals surface area contributed by atoms with Gasteiger partial charge in [-0.25, -0.2) is 14.6 Å². The number of nitrogens with two attached hydrogens (primary N) is 1. The molecular formula is C37H38N8O3. The van der Waals surface area contributed by atoms with E-state index in [9.17, 15) is 4.79 Å². The summed E-state index contributed by atoms with van der Waals surface area (Å²) in [6, 6.07) is 18.5. The Morgan fingerprint density at radius 2 is 1.85 bits per heavy atom. The molecule has 2 saturated carbocycles. The molecule has 6 aromatic rings. The van der Waals surface area contributed by atoms with Gasteiger partial charge in [0, 0.05) is 59.5 Å². The van der Waals surface area contributed by atoms with Crippen LogP contribution >= 0.6 is 0 Å². The SMILES string of the molecule is COc1ccc(-n2cc(Cn3c(-c4cc5ccccc5n4CC4CC4)nc4cc(C(=O)N5CC6CCC5[C@@H]6N)cc(OC)c43)cn2)cn1. The normalized spacial score (nSPS) is 20.3. The van der Waals surface area contributed by atoms with E-state index in [1.807, 2.05) is 46.2 Å². The van der Waals surface area contributed by atoms with Gasteiger partial charge in [-0.15, -0.1) is 0 Å². The van der Waals surface area contributed by atoms with Gasteiger partial charge >= 0.3 is 0 Å². The zero-order valence-electron chi connectivity index (χ0n) is 27.1. The standard InChI is InChI=1S/C37H38N8O3/c1-47-32-15-26(37(46)43-21-25-9-11-30(43)34(25)38)13-28-35(32)44(19-23-16-40-45(20-23)27-10-12-33(48-2)39-17-27)36(41-28)31-14-24-5-3-4-6-29(24)42(31)18-22-7-8-22/h3-6,10,12-17,20,22,25,30,34H,7-9,11,18-19,21,38H2,1-2H3/t25?,30?,34-/m1/s1. The molecule has 3 aliphatic rings. The monoisotopic (exact) mass is 642 g/mol. The number of aromatic nitrogens is 6. The lowest BCUT2D eigenvalue weighted by Crippen LogP contribution is -2.41. The molecule has 0 spiro atoms. The molecule has 9 rings (SSSR count). The van der Waals surface area contributed by atoms with Crippen LogP contribution in [0.3, 0.4) is 0 Å². The number of nitrogens with zero attached hydrogens (tertiary/aromatic N) is 7.